The molecule has 0 spiro atoms. The van der Waals surface area contributed by atoms with Gasteiger partial charge in [0, 0.05) is 6.20 Å². The number of alkyl halides is 2. The van der Waals surface area contributed by atoms with Crippen molar-refractivity contribution in [3.63, 3.8) is 0 Å². The van der Waals surface area contributed by atoms with Crippen molar-refractivity contribution in [2.75, 3.05) is 10.5 Å². The minimum absolute atomic E-state index is 0.0134. The number of nitrogens with one attached hydrogen (secondary N) is 2. The molecule has 2 aromatic heterocycles. The van der Waals surface area contributed by atoms with Gasteiger partial charge in [0.25, 0.3) is 10.0 Å². The monoisotopic (exact) mass is 477 g/mol. The number of H-pyrrole nitrogens is 1. The summed E-state index contributed by atoms with van der Waals surface area (Å²) in [6.07, 6.45) is 0.872. The molecule has 1 atom stereocenters. The zero-order valence-corrected chi connectivity index (χ0v) is 17.9. The van der Waals surface area contributed by atoms with Gasteiger partial charge in [-0.2, -0.15) is 13.9 Å². The van der Waals surface area contributed by atoms with Crippen molar-refractivity contribution >= 4 is 32.6 Å². The van der Waals surface area contributed by atoms with Crippen LogP contribution in [0.2, 0.25) is 0 Å². The number of ether oxygens (including phenoxy) is 1. The van der Waals surface area contributed by atoms with Crippen LogP contribution in [-0.4, -0.2) is 29.4 Å². The fourth-order valence-corrected chi connectivity index (χ4v) is 3.84. The van der Waals surface area contributed by atoms with E-state index in [1.165, 1.54) is 48.7 Å². The summed E-state index contributed by atoms with van der Waals surface area (Å²) in [6.45, 7) is 1.66. The Morgan fingerprint density at radius 3 is 2.55 bits per heavy atom. The van der Waals surface area contributed by atoms with Gasteiger partial charge in [0.2, 0.25) is 0 Å². The molecule has 0 saturated heterocycles. The predicted octanol–water partition coefficient (Wildman–Crippen LogP) is 4.45. The average Bonchev–Trinajstić information content (AvgIpc) is 3.16. The number of nitrogens with zero attached hydrogens (tertiary/aromatic N) is 2. The molecule has 4 rings (SSSR count). The average molecular weight is 477 g/mol. The molecule has 172 valence electrons. The first-order valence-corrected chi connectivity index (χ1v) is 11.1. The molecule has 0 saturated carbocycles. The summed E-state index contributed by atoms with van der Waals surface area (Å²) in [6, 6.07) is 11.5. The van der Waals surface area contributed by atoms with Crippen molar-refractivity contribution in [1.82, 2.24) is 15.2 Å². The first-order chi connectivity index (χ1) is 15.7. The minimum atomic E-state index is -4.95. The van der Waals surface area contributed by atoms with Gasteiger partial charge in [-0.15, -0.1) is 0 Å². The molecular formula is C21H18F3N5O3S. The smallest absolute Gasteiger partial charge is 0.355 e. The first kappa shape index (κ1) is 22.4. The van der Waals surface area contributed by atoms with E-state index < -0.39 is 27.7 Å². The van der Waals surface area contributed by atoms with E-state index in [1.807, 2.05) is 4.72 Å². The zero-order valence-electron chi connectivity index (χ0n) is 17.1. The Bertz CT molecular complexity index is 1410. The van der Waals surface area contributed by atoms with Gasteiger partial charge in [0.05, 0.1) is 11.1 Å². The maximum atomic E-state index is 13.3. The van der Waals surface area contributed by atoms with Crippen molar-refractivity contribution in [2.24, 2.45) is 0 Å². The van der Waals surface area contributed by atoms with Gasteiger partial charge in [0.1, 0.15) is 17.7 Å². The molecule has 0 fully saturated rings. The molecule has 0 unspecified atom stereocenters. The molecule has 2 heterocycles. The van der Waals surface area contributed by atoms with Gasteiger partial charge in [-0.05, 0) is 53.9 Å². The number of nitrogens with two attached hydrogens (primary N) is 1. The van der Waals surface area contributed by atoms with Crippen LogP contribution in [0.25, 0.3) is 22.2 Å². The lowest BCUT2D eigenvalue weighted by molar-refractivity contribution is 0.228. The number of halogens is 3. The number of sulfonamides is 1. The normalized spacial score (nSPS) is 12.8. The van der Waals surface area contributed by atoms with E-state index >= 15 is 0 Å². The largest absolute Gasteiger partial charge is 0.484 e. The third kappa shape index (κ3) is 4.55. The van der Waals surface area contributed by atoms with E-state index in [4.69, 9.17) is 10.5 Å². The van der Waals surface area contributed by atoms with Gasteiger partial charge in [-0.25, -0.2) is 17.8 Å². The Labute approximate surface area is 186 Å². The van der Waals surface area contributed by atoms with E-state index in [1.54, 1.807) is 13.0 Å². The standard InChI is InChI=1S/C21H18F3N5O3S/c1-11(12-2-5-14(22)6-3-12)32-17-10-13(4-7-16(17)29-33(30,31)21(23)24)15-8-9-26-20-18(15)19(25)27-28-20/h2-11,21,29H,1H3,(H3,25,26,27,28)/t11-/m0/s1. The summed E-state index contributed by atoms with van der Waals surface area (Å²) in [5.41, 5.74) is 7.97. The van der Waals surface area contributed by atoms with Crippen LogP contribution in [-0.2, 0) is 10.0 Å². The Kier molecular flexibility index (Phi) is 5.85. The van der Waals surface area contributed by atoms with Gasteiger partial charge >= 0.3 is 5.76 Å². The number of nitrogen functional groups attached to an aromatic ring is 1. The van der Waals surface area contributed by atoms with E-state index in [0.717, 1.165) is 0 Å². The molecule has 12 heteroatoms. The highest BCUT2D eigenvalue weighted by atomic mass is 32.2. The van der Waals surface area contributed by atoms with Gasteiger partial charge < -0.3 is 10.5 Å². The highest BCUT2D eigenvalue weighted by Crippen LogP contribution is 2.37. The van der Waals surface area contributed by atoms with Crippen LogP contribution in [0.15, 0.2) is 54.7 Å². The lowest BCUT2D eigenvalue weighted by atomic mass is 10.0. The van der Waals surface area contributed by atoms with Crippen LogP contribution in [0.1, 0.15) is 18.6 Å². The third-order valence-electron chi connectivity index (χ3n) is 4.91. The molecule has 0 aliphatic carbocycles. The van der Waals surface area contributed by atoms with Crippen molar-refractivity contribution < 1.29 is 26.3 Å². The van der Waals surface area contributed by atoms with E-state index in [2.05, 4.69) is 15.2 Å². The second-order valence-electron chi connectivity index (χ2n) is 7.12. The molecular weight excluding hydrogens is 459 g/mol. The molecule has 0 bridgehead atoms. The molecule has 0 amide bonds. The molecule has 8 nitrogen and oxygen atoms in total. The maximum absolute atomic E-state index is 13.3. The second-order valence-corrected chi connectivity index (χ2v) is 8.77. The lowest BCUT2D eigenvalue weighted by Gasteiger charge is -2.20. The molecule has 33 heavy (non-hydrogen) atoms. The summed E-state index contributed by atoms with van der Waals surface area (Å²) >= 11 is 0. The number of pyridine rings is 1. The fourth-order valence-electron chi connectivity index (χ4n) is 3.28. The third-order valence-corrected chi connectivity index (χ3v) is 5.89. The summed E-state index contributed by atoms with van der Waals surface area (Å²) in [5, 5.41) is 7.18. The number of hydrogen-bond donors (Lipinski definition) is 3. The Hall–Kier alpha value is -3.80. The van der Waals surface area contributed by atoms with Crippen LogP contribution >= 0.6 is 0 Å². The quantitative estimate of drug-likeness (QED) is 0.361. The number of aromatic nitrogens is 3. The summed E-state index contributed by atoms with van der Waals surface area (Å²) in [4.78, 5) is 4.16. The van der Waals surface area contributed by atoms with Gasteiger partial charge in [-0.3, -0.25) is 9.82 Å². The Balaban J connectivity index is 1.79. The molecule has 0 aliphatic rings. The van der Waals surface area contributed by atoms with E-state index in [0.29, 0.717) is 27.7 Å². The molecule has 2 aromatic carbocycles. The van der Waals surface area contributed by atoms with E-state index in [9.17, 15) is 21.6 Å². The number of fused-ring (bicyclic) bond motifs is 1. The summed E-state index contributed by atoms with van der Waals surface area (Å²) in [5.74, 6) is -3.87. The summed E-state index contributed by atoms with van der Waals surface area (Å²) < 4.78 is 70.5. The number of aromatic amines is 1. The number of rotatable bonds is 7. The van der Waals surface area contributed by atoms with Crippen molar-refractivity contribution in [3.8, 4) is 16.9 Å². The van der Waals surface area contributed by atoms with Gasteiger partial charge in [-0.1, -0.05) is 18.2 Å². The van der Waals surface area contributed by atoms with Gasteiger partial charge in [0.15, 0.2) is 11.5 Å². The SMILES string of the molecule is C[C@H](Oc1cc(-c2ccnc3[nH]nc(N)c23)ccc1NS(=O)(=O)C(F)F)c1ccc(F)cc1. The molecule has 0 radical (unpaired) electrons. The minimum Gasteiger partial charge on any atom is -0.484 e. The van der Waals surface area contributed by atoms with Crippen molar-refractivity contribution in [3.05, 3.63) is 66.1 Å². The van der Waals surface area contributed by atoms with Crippen molar-refractivity contribution in [1.29, 1.82) is 0 Å². The van der Waals surface area contributed by atoms with Crippen LogP contribution in [0, 0.1) is 5.82 Å². The Morgan fingerprint density at radius 1 is 1.12 bits per heavy atom. The fraction of sp³-hybridized carbons (Fsp3) is 0.143. The molecule has 0 aliphatic heterocycles. The summed E-state index contributed by atoms with van der Waals surface area (Å²) in [7, 11) is -4.95. The van der Waals surface area contributed by atoms with E-state index in [-0.39, 0.29) is 17.3 Å². The second kappa shape index (κ2) is 8.62. The number of anilines is 2. The first-order valence-electron chi connectivity index (χ1n) is 9.60. The predicted molar refractivity (Wildman–Crippen MR) is 118 cm³/mol. The number of hydrogen-bond acceptors (Lipinski definition) is 6. The molecule has 4 aromatic rings. The zero-order chi connectivity index (χ0) is 23.8. The topological polar surface area (TPSA) is 123 Å². The van der Waals surface area contributed by atoms with Crippen LogP contribution in [0.5, 0.6) is 5.75 Å². The Morgan fingerprint density at radius 2 is 1.85 bits per heavy atom. The maximum Gasteiger partial charge on any atom is 0.355 e. The van der Waals surface area contributed by atoms with Crippen LogP contribution < -0.4 is 15.2 Å². The van der Waals surface area contributed by atoms with Crippen LogP contribution in [0.4, 0.5) is 24.7 Å². The lowest BCUT2D eigenvalue weighted by Crippen LogP contribution is -2.21. The highest BCUT2D eigenvalue weighted by molar-refractivity contribution is 7.93. The van der Waals surface area contributed by atoms with Crippen molar-refractivity contribution in [2.45, 2.75) is 18.8 Å². The molecule has 4 N–H and O–H groups in total. The number of benzene rings is 2. The van der Waals surface area contributed by atoms with Crippen LogP contribution in [0.3, 0.4) is 0 Å². The highest BCUT2D eigenvalue weighted by Gasteiger charge is 2.26.